The van der Waals surface area contributed by atoms with Crippen molar-refractivity contribution in [3.8, 4) is 16.3 Å². The number of halogens is 1. The van der Waals surface area contributed by atoms with Crippen LogP contribution in [0, 0.1) is 5.82 Å². The highest BCUT2D eigenvalue weighted by atomic mass is 32.1. The Morgan fingerprint density at radius 2 is 1.79 bits per heavy atom. The number of piperidine rings is 1. The Morgan fingerprint density at radius 3 is 2.55 bits per heavy atom. The van der Waals surface area contributed by atoms with Gasteiger partial charge in [-0.25, -0.2) is 14.4 Å². The van der Waals surface area contributed by atoms with E-state index in [4.69, 9.17) is 14.7 Å². The Balaban J connectivity index is 1.31. The van der Waals surface area contributed by atoms with Gasteiger partial charge in [-0.1, -0.05) is 36.4 Å². The molecule has 6 aromatic rings. The molecule has 7 rings (SSSR count). The van der Waals surface area contributed by atoms with Crippen LogP contribution in [0.2, 0.25) is 0 Å². The highest BCUT2D eigenvalue weighted by molar-refractivity contribution is 7.21. The average Bonchev–Trinajstić information content (AvgIpc) is 3.64. The molecule has 212 valence electrons. The van der Waals surface area contributed by atoms with Crippen molar-refractivity contribution in [3.63, 3.8) is 0 Å². The fourth-order valence-corrected chi connectivity index (χ4v) is 6.95. The maximum absolute atomic E-state index is 14.6. The molecule has 42 heavy (non-hydrogen) atoms. The first kappa shape index (κ1) is 26.6. The van der Waals surface area contributed by atoms with E-state index in [1.165, 1.54) is 49.0 Å². The molecule has 7 nitrogen and oxygen atoms in total. The topological polar surface area (TPSA) is 76.0 Å². The van der Waals surface area contributed by atoms with Crippen molar-refractivity contribution in [3.05, 3.63) is 112 Å². The minimum absolute atomic E-state index is 0.226. The number of H-pyrrole nitrogens is 1. The van der Waals surface area contributed by atoms with Gasteiger partial charge in [0, 0.05) is 17.3 Å². The number of aromatic nitrogens is 4. The molecular formula is C33H30FN5O2S. The number of hydrogen-bond acceptors (Lipinski definition) is 6. The second-order valence-corrected chi connectivity index (χ2v) is 11.9. The molecule has 0 amide bonds. The van der Waals surface area contributed by atoms with Crippen LogP contribution in [-0.4, -0.2) is 51.7 Å². The average molecular weight is 580 g/mol. The number of thiazole rings is 1. The van der Waals surface area contributed by atoms with Gasteiger partial charge in [-0.05, 0) is 80.9 Å². The Bertz CT molecular complexity index is 1920. The fraction of sp³-hybridized carbons (Fsp3) is 0.242. The number of imidazole rings is 1. The smallest absolute Gasteiger partial charge is 0.271 e. The molecule has 4 heterocycles. The third kappa shape index (κ3) is 4.78. The zero-order chi connectivity index (χ0) is 28.8. The van der Waals surface area contributed by atoms with Crippen LogP contribution in [0.3, 0.4) is 0 Å². The molecule has 0 spiro atoms. The maximum Gasteiger partial charge on any atom is 0.271 e. The molecule has 1 aliphatic heterocycles. The van der Waals surface area contributed by atoms with Crippen LogP contribution in [0.1, 0.15) is 41.8 Å². The number of likely N-dealkylation sites (tertiary alicyclic amines) is 1. The van der Waals surface area contributed by atoms with Gasteiger partial charge in [-0.2, -0.15) is 0 Å². The molecule has 0 bridgehead atoms. The van der Waals surface area contributed by atoms with Crippen LogP contribution in [0.25, 0.3) is 31.8 Å². The minimum Gasteiger partial charge on any atom is -0.496 e. The summed E-state index contributed by atoms with van der Waals surface area (Å²) in [5.74, 6) is 1.12. The molecule has 3 aromatic heterocycles. The fourth-order valence-electron chi connectivity index (χ4n) is 5.95. The molecule has 0 saturated carbocycles. The summed E-state index contributed by atoms with van der Waals surface area (Å²) >= 11 is 1.37. The van der Waals surface area contributed by atoms with E-state index in [1.54, 1.807) is 16.8 Å². The molecule has 0 radical (unpaired) electrons. The Labute approximate surface area is 246 Å². The highest BCUT2D eigenvalue weighted by Crippen LogP contribution is 2.35. The molecule has 1 fully saturated rings. The number of para-hydroxylation sites is 2. The SMILES string of the molecule is COc1ccc(F)cc1C(c1nc2ccccc2[nH]1)n1ccc2nc(-c3ccc(C4CCN(C)CC4)cc3)sc2c1=O. The Hall–Kier alpha value is -4.34. The molecular weight excluding hydrogens is 549 g/mol. The van der Waals surface area contributed by atoms with Gasteiger partial charge in [0.25, 0.3) is 5.56 Å². The van der Waals surface area contributed by atoms with Crippen LogP contribution in [0.4, 0.5) is 4.39 Å². The van der Waals surface area contributed by atoms with E-state index in [-0.39, 0.29) is 5.56 Å². The maximum atomic E-state index is 14.6. The normalized spacial score (nSPS) is 15.4. The van der Waals surface area contributed by atoms with Gasteiger partial charge in [0.2, 0.25) is 0 Å². The largest absolute Gasteiger partial charge is 0.496 e. The number of hydrogen-bond donors (Lipinski definition) is 1. The van der Waals surface area contributed by atoms with Gasteiger partial charge in [-0.15, -0.1) is 11.3 Å². The van der Waals surface area contributed by atoms with Gasteiger partial charge in [-0.3, -0.25) is 9.36 Å². The first-order chi connectivity index (χ1) is 20.5. The quantitative estimate of drug-likeness (QED) is 0.241. The van der Waals surface area contributed by atoms with Crippen LogP contribution in [-0.2, 0) is 0 Å². The number of rotatable bonds is 6. The number of benzene rings is 3. The van der Waals surface area contributed by atoms with Gasteiger partial charge in [0.1, 0.15) is 33.1 Å². The first-order valence-electron chi connectivity index (χ1n) is 14.1. The summed E-state index contributed by atoms with van der Waals surface area (Å²) in [4.78, 5) is 29.4. The summed E-state index contributed by atoms with van der Waals surface area (Å²) in [5, 5.41) is 0.790. The van der Waals surface area contributed by atoms with Gasteiger partial charge >= 0.3 is 0 Å². The predicted molar refractivity (Wildman–Crippen MR) is 165 cm³/mol. The lowest BCUT2D eigenvalue weighted by atomic mass is 9.89. The Morgan fingerprint density at radius 1 is 1.00 bits per heavy atom. The van der Waals surface area contributed by atoms with E-state index in [2.05, 4.69) is 41.2 Å². The molecule has 1 unspecified atom stereocenters. The van der Waals surface area contributed by atoms with E-state index in [9.17, 15) is 9.18 Å². The lowest BCUT2D eigenvalue weighted by Gasteiger charge is -2.29. The van der Waals surface area contributed by atoms with E-state index in [0.717, 1.165) is 34.7 Å². The predicted octanol–water partition coefficient (Wildman–Crippen LogP) is 6.60. The summed E-state index contributed by atoms with van der Waals surface area (Å²) in [6.45, 7) is 2.24. The third-order valence-corrected chi connectivity index (χ3v) is 9.36. The van der Waals surface area contributed by atoms with Crippen molar-refractivity contribution in [2.45, 2.75) is 24.8 Å². The van der Waals surface area contributed by atoms with Crippen molar-refractivity contribution in [1.82, 2.24) is 24.4 Å². The second kappa shape index (κ2) is 10.8. The van der Waals surface area contributed by atoms with E-state index in [0.29, 0.717) is 33.3 Å². The monoisotopic (exact) mass is 579 g/mol. The van der Waals surface area contributed by atoms with Crippen LogP contribution in [0.15, 0.2) is 83.8 Å². The van der Waals surface area contributed by atoms with Crippen LogP contribution in [0.5, 0.6) is 5.75 Å². The van der Waals surface area contributed by atoms with Gasteiger partial charge < -0.3 is 14.6 Å². The summed E-state index contributed by atoms with van der Waals surface area (Å²) < 4.78 is 22.3. The number of nitrogens with zero attached hydrogens (tertiary/aromatic N) is 4. The summed E-state index contributed by atoms with van der Waals surface area (Å²) in [6.07, 6.45) is 4.04. The van der Waals surface area contributed by atoms with Crippen molar-refractivity contribution in [2.24, 2.45) is 0 Å². The standard InChI is InChI=1S/C33H30FN5O2S/c1-38-16-13-21(14-17-38)20-7-9-22(10-8-20)32-37-27-15-18-39(33(40)30(27)42-32)29(24-19-23(34)11-12-28(24)41-2)31-35-25-5-3-4-6-26(25)36-31/h3-12,15,18-19,21,29H,13-14,16-17H2,1-2H3,(H,35,36). The first-order valence-corrected chi connectivity index (χ1v) is 14.9. The third-order valence-electron chi connectivity index (χ3n) is 8.25. The summed E-state index contributed by atoms with van der Waals surface area (Å²) in [6, 6.07) is 21.7. The lowest BCUT2D eigenvalue weighted by molar-refractivity contribution is 0.255. The number of methoxy groups -OCH3 is 1. The summed E-state index contributed by atoms with van der Waals surface area (Å²) in [5.41, 5.74) is 4.82. The molecule has 1 saturated heterocycles. The zero-order valence-corrected chi connectivity index (χ0v) is 24.2. The minimum atomic E-state index is -0.751. The molecule has 0 aliphatic carbocycles. The van der Waals surface area contributed by atoms with Crippen molar-refractivity contribution >= 4 is 32.6 Å². The van der Waals surface area contributed by atoms with Gasteiger partial charge in [0.15, 0.2) is 0 Å². The second-order valence-electron chi connectivity index (χ2n) is 10.9. The van der Waals surface area contributed by atoms with E-state index in [1.807, 2.05) is 30.3 Å². The van der Waals surface area contributed by atoms with Crippen molar-refractivity contribution in [1.29, 1.82) is 0 Å². The lowest BCUT2D eigenvalue weighted by Crippen LogP contribution is -2.29. The molecule has 1 atom stereocenters. The molecule has 9 heteroatoms. The van der Waals surface area contributed by atoms with Crippen LogP contribution < -0.4 is 10.3 Å². The highest BCUT2D eigenvalue weighted by Gasteiger charge is 2.27. The number of nitrogens with one attached hydrogen (secondary N) is 1. The van der Waals surface area contributed by atoms with E-state index >= 15 is 0 Å². The number of aromatic amines is 1. The van der Waals surface area contributed by atoms with E-state index < -0.39 is 11.9 Å². The Kier molecular flexibility index (Phi) is 6.84. The number of pyridine rings is 1. The molecule has 1 aliphatic rings. The number of ether oxygens (including phenoxy) is 1. The zero-order valence-electron chi connectivity index (χ0n) is 23.4. The van der Waals surface area contributed by atoms with Crippen molar-refractivity contribution < 1.29 is 9.13 Å². The van der Waals surface area contributed by atoms with Gasteiger partial charge in [0.05, 0.1) is 23.7 Å². The number of fused-ring (bicyclic) bond motifs is 2. The van der Waals surface area contributed by atoms with Crippen molar-refractivity contribution in [2.75, 3.05) is 27.2 Å². The molecule has 3 aromatic carbocycles. The van der Waals surface area contributed by atoms with Crippen LogP contribution >= 0.6 is 11.3 Å². The summed E-state index contributed by atoms with van der Waals surface area (Å²) in [7, 11) is 3.71. The molecule has 1 N–H and O–H groups in total.